The van der Waals surface area contributed by atoms with Gasteiger partial charge in [0.25, 0.3) is 5.69 Å². The molecule has 0 spiro atoms. The molecule has 19 heavy (non-hydrogen) atoms. The monoisotopic (exact) mass is 329 g/mol. The van der Waals surface area contributed by atoms with Crippen molar-refractivity contribution in [2.75, 3.05) is 12.0 Å². The third-order valence-corrected chi connectivity index (χ3v) is 2.56. The van der Waals surface area contributed by atoms with Gasteiger partial charge in [-0.3, -0.25) is 15.5 Å². The van der Waals surface area contributed by atoms with Gasteiger partial charge in [-0.25, -0.2) is 4.79 Å². The van der Waals surface area contributed by atoms with Gasteiger partial charge in [-0.15, -0.1) is 0 Å². The van der Waals surface area contributed by atoms with Gasteiger partial charge in [-0.2, -0.15) is 5.10 Å². The van der Waals surface area contributed by atoms with Gasteiger partial charge in [0, 0.05) is 10.5 Å². The molecule has 8 heteroatoms. The number of nitrogens with zero attached hydrogens (tertiary/aromatic N) is 2. The lowest BCUT2D eigenvalue weighted by molar-refractivity contribution is -0.384. The van der Waals surface area contributed by atoms with E-state index >= 15 is 0 Å². The number of ether oxygens (including phenoxy) is 1. The number of benzene rings is 1. The van der Waals surface area contributed by atoms with Gasteiger partial charge in [0.1, 0.15) is 11.4 Å². The lowest BCUT2D eigenvalue weighted by Gasteiger charge is -2.04. The second-order valence-electron chi connectivity index (χ2n) is 3.45. The summed E-state index contributed by atoms with van der Waals surface area (Å²) in [4.78, 5) is 21.6. The highest BCUT2D eigenvalue weighted by Crippen LogP contribution is 2.27. The molecule has 0 aliphatic carbocycles. The van der Waals surface area contributed by atoms with Crippen molar-refractivity contribution >= 4 is 39.0 Å². The molecule has 0 unspecified atom stereocenters. The molecule has 0 aliphatic heterocycles. The lowest BCUT2D eigenvalue weighted by atomic mass is 10.3. The van der Waals surface area contributed by atoms with Gasteiger partial charge in [-0.05, 0) is 26.0 Å². The summed E-state index contributed by atoms with van der Waals surface area (Å²) in [5.74, 6) is -0.576. The minimum atomic E-state index is -0.576. The molecule has 1 rings (SSSR count). The van der Waals surface area contributed by atoms with Crippen LogP contribution in [0, 0.1) is 10.1 Å². The Bertz CT molecular complexity index is 531. The first kappa shape index (κ1) is 15.1. The van der Waals surface area contributed by atoms with Crippen LogP contribution in [-0.4, -0.2) is 23.2 Å². The summed E-state index contributed by atoms with van der Waals surface area (Å²) in [7, 11) is 0. The molecule has 0 fully saturated rings. The Morgan fingerprint density at radius 1 is 1.58 bits per heavy atom. The second-order valence-corrected chi connectivity index (χ2v) is 4.36. The lowest BCUT2D eigenvalue weighted by Crippen LogP contribution is -2.15. The summed E-state index contributed by atoms with van der Waals surface area (Å²) in [5, 5.41) is 14.6. The van der Waals surface area contributed by atoms with Crippen molar-refractivity contribution in [3.63, 3.8) is 0 Å². The normalized spacial score (nSPS) is 11.0. The molecule has 7 nitrogen and oxygen atoms in total. The van der Waals surface area contributed by atoms with Gasteiger partial charge >= 0.3 is 5.97 Å². The Hall–Kier alpha value is -1.96. The van der Waals surface area contributed by atoms with Crippen LogP contribution in [0.1, 0.15) is 13.8 Å². The molecule has 0 radical (unpaired) electrons. The fourth-order valence-corrected chi connectivity index (χ4v) is 1.54. The molecule has 0 saturated carbocycles. The van der Waals surface area contributed by atoms with Gasteiger partial charge < -0.3 is 4.74 Å². The van der Waals surface area contributed by atoms with Crippen LogP contribution in [0.2, 0.25) is 0 Å². The number of carbonyl (C=O) groups excluding carboxylic acids is 1. The van der Waals surface area contributed by atoms with Gasteiger partial charge in [0.15, 0.2) is 0 Å². The summed E-state index contributed by atoms with van der Waals surface area (Å²) in [5.41, 5.74) is 2.62. The van der Waals surface area contributed by atoms with Crippen molar-refractivity contribution < 1.29 is 14.5 Å². The zero-order chi connectivity index (χ0) is 14.4. The van der Waals surface area contributed by atoms with Crippen LogP contribution in [0.5, 0.6) is 0 Å². The number of carbonyl (C=O) groups is 1. The zero-order valence-corrected chi connectivity index (χ0v) is 11.9. The van der Waals surface area contributed by atoms with E-state index in [4.69, 9.17) is 4.74 Å². The van der Waals surface area contributed by atoms with Crippen molar-refractivity contribution in [2.24, 2.45) is 5.10 Å². The van der Waals surface area contributed by atoms with E-state index in [1.807, 2.05) is 0 Å². The molecule has 0 aliphatic rings. The van der Waals surface area contributed by atoms with Crippen molar-refractivity contribution in [1.29, 1.82) is 0 Å². The predicted octanol–water partition coefficient (Wildman–Crippen LogP) is 2.71. The maximum Gasteiger partial charge on any atom is 0.354 e. The highest BCUT2D eigenvalue weighted by atomic mass is 79.9. The van der Waals surface area contributed by atoms with Crippen LogP contribution < -0.4 is 5.43 Å². The zero-order valence-electron chi connectivity index (χ0n) is 10.3. The number of esters is 1. The summed E-state index contributed by atoms with van der Waals surface area (Å²) in [6.45, 7) is 3.37. The molecule has 1 aromatic carbocycles. The number of hydrogen-bond donors (Lipinski definition) is 1. The van der Waals surface area contributed by atoms with Crippen LogP contribution in [-0.2, 0) is 9.53 Å². The summed E-state index contributed by atoms with van der Waals surface area (Å²) in [6, 6.07) is 4.38. The van der Waals surface area contributed by atoms with Gasteiger partial charge in [-0.1, -0.05) is 15.9 Å². The largest absolute Gasteiger partial charge is 0.461 e. The second kappa shape index (κ2) is 6.83. The number of halogens is 1. The van der Waals surface area contributed by atoms with Gasteiger partial charge in [0.2, 0.25) is 0 Å². The van der Waals surface area contributed by atoms with E-state index in [9.17, 15) is 14.9 Å². The van der Waals surface area contributed by atoms with Crippen molar-refractivity contribution in [3.05, 3.63) is 32.8 Å². The van der Waals surface area contributed by atoms with Crippen LogP contribution in [0.3, 0.4) is 0 Å². The first-order valence-corrected chi connectivity index (χ1v) is 6.16. The molecule has 0 bridgehead atoms. The fourth-order valence-electron chi connectivity index (χ4n) is 1.18. The number of nitro groups is 1. The molecule has 1 aromatic rings. The standard InChI is InChI=1S/C11H12BrN3O4/c1-3-19-11(16)7(2)13-14-9-6-8(12)4-5-10(9)15(17)18/h4-6,14H,3H2,1-2H3/b13-7+. The fraction of sp³-hybridized carbons (Fsp3) is 0.273. The average molecular weight is 330 g/mol. The van der Waals surface area contributed by atoms with Crippen LogP contribution >= 0.6 is 15.9 Å². The third kappa shape index (κ3) is 4.32. The van der Waals surface area contributed by atoms with Crippen molar-refractivity contribution in [3.8, 4) is 0 Å². The van der Waals surface area contributed by atoms with E-state index in [0.29, 0.717) is 4.47 Å². The highest BCUT2D eigenvalue weighted by molar-refractivity contribution is 9.10. The van der Waals surface area contributed by atoms with Crippen molar-refractivity contribution in [1.82, 2.24) is 0 Å². The maximum absolute atomic E-state index is 11.3. The van der Waals surface area contributed by atoms with E-state index in [2.05, 4.69) is 26.5 Å². The van der Waals surface area contributed by atoms with Crippen LogP contribution in [0.25, 0.3) is 0 Å². The molecule has 102 valence electrons. The topological polar surface area (TPSA) is 93.8 Å². The maximum atomic E-state index is 11.3. The number of anilines is 1. The van der Waals surface area contributed by atoms with E-state index in [1.165, 1.54) is 19.1 Å². The minimum Gasteiger partial charge on any atom is -0.461 e. The average Bonchev–Trinajstić information content (AvgIpc) is 2.35. The Morgan fingerprint density at radius 2 is 2.26 bits per heavy atom. The Balaban J connectivity index is 2.93. The first-order chi connectivity index (χ1) is 8.95. The number of nitrogens with one attached hydrogen (secondary N) is 1. The Kier molecular flexibility index (Phi) is 5.43. The molecular weight excluding hydrogens is 318 g/mol. The van der Waals surface area contributed by atoms with Crippen LogP contribution in [0.15, 0.2) is 27.8 Å². The van der Waals surface area contributed by atoms with E-state index in [-0.39, 0.29) is 23.7 Å². The Morgan fingerprint density at radius 3 is 2.84 bits per heavy atom. The van der Waals surface area contributed by atoms with Crippen molar-refractivity contribution in [2.45, 2.75) is 13.8 Å². The summed E-state index contributed by atoms with van der Waals surface area (Å²) < 4.78 is 5.40. The number of nitro benzene ring substituents is 1. The summed E-state index contributed by atoms with van der Waals surface area (Å²) in [6.07, 6.45) is 0. The quantitative estimate of drug-likeness (QED) is 0.388. The molecular formula is C11H12BrN3O4. The Labute approximate surface area is 117 Å². The molecule has 0 atom stereocenters. The smallest absolute Gasteiger partial charge is 0.354 e. The molecule has 1 N–H and O–H groups in total. The third-order valence-electron chi connectivity index (χ3n) is 2.07. The first-order valence-electron chi connectivity index (χ1n) is 5.37. The number of hydrazone groups is 1. The van der Waals surface area contributed by atoms with Crippen LogP contribution in [0.4, 0.5) is 11.4 Å². The van der Waals surface area contributed by atoms with E-state index in [1.54, 1.807) is 13.0 Å². The highest BCUT2D eigenvalue weighted by Gasteiger charge is 2.14. The summed E-state index contributed by atoms with van der Waals surface area (Å²) >= 11 is 3.20. The van der Waals surface area contributed by atoms with E-state index in [0.717, 1.165) is 0 Å². The van der Waals surface area contributed by atoms with Gasteiger partial charge in [0.05, 0.1) is 11.5 Å². The number of rotatable bonds is 5. The van der Waals surface area contributed by atoms with E-state index < -0.39 is 10.9 Å². The molecule has 0 aromatic heterocycles. The molecule has 0 saturated heterocycles. The predicted molar refractivity (Wildman–Crippen MR) is 74.2 cm³/mol. The SMILES string of the molecule is CCOC(=O)/C(C)=N/Nc1cc(Br)ccc1[N+](=O)[O-]. The number of hydrogen-bond acceptors (Lipinski definition) is 6. The molecule has 0 amide bonds. The molecule has 0 heterocycles. The minimum absolute atomic E-state index is 0.0797.